The molecule has 0 unspecified atom stereocenters. The van der Waals surface area contributed by atoms with Crippen LogP contribution in [-0.4, -0.2) is 23.6 Å². The van der Waals surface area contributed by atoms with Gasteiger partial charge in [0.05, 0.1) is 18.4 Å². The molecular weight excluding hydrogens is 310 g/mol. The van der Waals surface area contributed by atoms with E-state index in [0.717, 1.165) is 11.1 Å². The zero-order valence-corrected chi connectivity index (χ0v) is 13.8. The fourth-order valence-corrected chi connectivity index (χ4v) is 2.42. The van der Waals surface area contributed by atoms with Crippen LogP contribution >= 0.6 is 0 Å². The number of furan rings is 1. The molecule has 1 heterocycles. The SMILES string of the molecule is CCOCc1ccccc1CNC(=O)c1c(C)coc1CC(=O)O. The molecule has 0 spiro atoms. The van der Waals surface area contributed by atoms with Gasteiger partial charge in [0.1, 0.15) is 12.2 Å². The topological polar surface area (TPSA) is 88.8 Å². The maximum Gasteiger partial charge on any atom is 0.311 e. The normalized spacial score (nSPS) is 10.6. The summed E-state index contributed by atoms with van der Waals surface area (Å²) in [5, 5.41) is 11.7. The molecule has 0 atom stereocenters. The number of carboxylic acid groups (broad SMARTS) is 1. The average Bonchev–Trinajstić information content (AvgIpc) is 2.91. The highest BCUT2D eigenvalue weighted by atomic mass is 16.5. The Morgan fingerprint density at radius 1 is 1.25 bits per heavy atom. The van der Waals surface area contributed by atoms with Crippen LogP contribution in [0.3, 0.4) is 0 Å². The van der Waals surface area contributed by atoms with Gasteiger partial charge in [-0.05, 0) is 25.0 Å². The summed E-state index contributed by atoms with van der Waals surface area (Å²) in [6.07, 6.45) is 1.08. The van der Waals surface area contributed by atoms with Crippen LogP contribution in [0.15, 0.2) is 34.9 Å². The molecule has 0 saturated heterocycles. The number of carbonyl (C=O) groups excluding carboxylic acids is 1. The first-order chi connectivity index (χ1) is 11.5. The summed E-state index contributed by atoms with van der Waals surface area (Å²) < 4.78 is 10.6. The maximum atomic E-state index is 12.4. The third-order valence-corrected chi connectivity index (χ3v) is 3.61. The van der Waals surface area contributed by atoms with Crippen LogP contribution in [0.25, 0.3) is 0 Å². The van der Waals surface area contributed by atoms with Crippen molar-refractivity contribution in [3.63, 3.8) is 0 Å². The van der Waals surface area contributed by atoms with Crippen molar-refractivity contribution in [2.45, 2.75) is 33.4 Å². The van der Waals surface area contributed by atoms with Crippen molar-refractivity contribution in [2.24, 2.45) is 0 Å². The molecule has 2 aromatic rings. The number of carbonyl (C=O) groups is 2. The quantitative estimate of drug-likeness (QED) is 0.776. The predicted molar refractivity (Wildman–Crippen MR) is 87.7 cm³/mol. The molecule has 0 aliphatic heterocycles. The zero-order chi connectivity index (χ0) is 17.5. The lowest BCUT2D eigenvalue weighted by Crippen LogP contribution is -2.25. The first-order valence-electron chi connectivity index (χ1n) is 7.74. The molecule has 0 saturated carbocycles. The minimum absolute atomic E-state index is 0.167. The maximum absolute atomic E-state index is 12.4. The van der Waals surface area contributed by atoms with Crippen LogP contribution < -0.4 is 5.32 Å². The number of amides is 1. The molecule has 6 heteroatoms. The summed E-state index contributed by atoms with van der Waals surface area (Å²) in [6.45, 7) is 5.08. The molecule has 6 nitrogen and oxygen atoms in total. The zero-order valence-electron chi connectivity index (χ0n) is 13.8. The Morgan fingerprint density at radius 3 is 2.62 bits per heavy atom. The first kappa shape index (κ1) is 17.7. The molecule has 0 aliphatic carbocycles. The van der Waals surface area contributed by atoms with E-state index in [1.807, 2.05) is 31.2 Å². The highest BCUT2D eigenvalue weighted by Gasteiger charge is 2.20. The van der Waals surface area contributed by atoms with Crippen LogP contribution in [0.2, 0.25) is 0 Å². The molecule has 0 radical (unpaired) electrons. The number of nitrogens with one attached hydrogen (secondary N) is 1. The van der Waals surface area contributed by atoms with Crippen LogP contribution in [0.5, 0.6) is 0 Å². The average molecular weight is 331 g/mol. The Labute approximate surface area is 140 Å². The summed E-state index contributed by atoms with van der Waals surface area (Å²) in [6, 6.07) is 7.70. The molecule has 1 aromatic carbocycles. The van der Waals surface area contributed by atoms with E-state index >= 15 is 0 Å². The summed E-state index contributed by atoms with van der Waals surface area (Å²) in [5.41, 5.74) is 2.88. The number of rotatable bonds is 8. The van der Waals surface area contributed by atoms with Gasteiger partial charge in [0.15, 0.2) is 0 Å². The van der Waals surface area contributed by atoms with E-state index in [1.165, 1.54) is 6.26 Å². The third-order valence-electron chi connectivity index (χ3n) is 3.61. The van der Waals surface area contributed by atoms with E-state index < -0.39 is 5.97 Å². The second kappa shape index (κ2) is 8.31. The first-order valence-corrected chi connectivity index (χ1v) is 7.74. The lowest BCUT2D eigenvalue weighted by molar-refractivity contribution is -0.136. The van der Waals surface area contributed by atoms with Gasteiger partial charge < -0.3 is 19.6 Å². The number of ether oxygens (including phenoxy) is 1. The van der Waals surface area contributed by atoms with Gasteiger partial charge in [-0.1, -0.05) is 24.3 Å². The molecule has 0 bridgehead atoms. The molecule has 128 valence electrons. The minimum atomic E-state index is -1.04. The number of hydrogen-bond donors (Lipinski definition) is 2. The van der Waals surface area contributed by atoms with Gasteiger partial charge in [-0.2, -0.15) is 0 Å². The van der Waals surface area contributed by atoms with Gasteiger partial charge in [-0.3, -0.25) is 9.59 Å². The summed E-state index contributed by atoms with van der Waals surface area (Å²) in [4.78, 5) is 23.3. The van der Waals surface area contributed by atoms with Crippen molar-refractivity contribution in [1.82, 2.24) is 5.32 Å². The van der Waals surface area contributed by atoms with Crippen molar-refractivity contribution in [2.75, 3.05) is 6.61 Å². The van der Waals surface area contributed by atoms with Gasteiger partial charge in [0.2, 0.25) is 0 Å². The van der Waals surface area contributed by atoms with Crippen molar-refractivity contribution < 1.29 is 23.8 Å². The molecule has 0 fully saturated rings. The molecule has 1 amide bonds. The van der Waals surface area contributed by atoms with E-state index in [9.17, 15) is 9.59 Å². The highest BCUT2D eigenvalue weighted by Crippen LogP contribution is 2.18. The Hall–Kier alpha value is -2.60. The summed E-state index contributed by atoms with van der Waals surface area (Å²) in [7, 11) is 0. The summed E-state index contributed by atoms with van der Waals surface area (Å²) >= 11 is 0. The van der Waals surface area contributed by atoms with Crippen LogP contribution in [0.1, 0.15) is 39.7 Å². The van der Waals surface area contributed by atoms with Crippen molar-refractivity contribution in [3.8, 4) is 0 Å². The standard InChI is InChI=1S/C18H21NO5/c1-3-23-11-14-7-5-4-6-13(14)9-19-18(22)17-12(2)10-24-15(17)8-16(20)21/h4-7,10H,3,8-9,11H2,1-2H3,(H,19,22)(H,20,21). The van der Waals surface area contributed by atoms with Gasteiger partial charge in [-0.15, -0.1) is 0 Å². The summed E-state index contributed by atoms with van der Waals surface area (Å²) in [5.74, 6) is -1.22. The largest absolute Gasteiger partial charge is 0.481 e. The number of aryl methyl sites for hydroxylation is 1. The van der Waals surface area contributed by atoms with Gasteiger partial charge in [0.25, 0.3) is 5.91 Å². The Bertz CT molecular complexity index is 720. The van der Waals surface area contributed by atoms with Crippen molar-refractivity contribution in [1.29, 1.82) is 0 Å². The minimum Gasteiger partial charge on any atom is -0.481 e. The second-order valence-corrected chi connectivity index (χ2v) is 5.38. The Kier molecular flexibility index (Phi) is 6.14. The third kappa shape index (κ3) is 4.45. The molecule has 1 aromatic heterocycles. The molecule has 2 rings (SSSR count). The van der Waals surface area contributed by atoms with Crippen LogP contribution in [-0.2, 0) is 29.1 Å². The molecule has 24 heavy (non-hydrogen) atoms. The number of aliphatic carboxylic acids is 1. The number of carboxylic acids is 1. The fraction of sp³-hybridized carbons (Fsp3) is 0.333. The fourth-order valence-electron chi connectivity index (χ4n) is 2.42. The van der Waals surface area contributed by atoms with Crippen molar-refractivity contribution >= 4 is 11.9 Å². The molecule has 0 aliphatic rings. The van der Waals surface area contributed by atoms with Gasteiger partial charge in [-0.25, -0.2) is 0 Å². The van der Waals surface area contributed by atoms with Gasteiger partial charge >= 0.3 is 5.97 Å². The van der Waals surface area contributed by atoms with E-state index in [-0.39, 0.29) is 18.1 Å². The van der Waals surface area contributed by atoms with E-state index in [1.54, 1.807) is 6.92 Å². The van der Waals surface area contributed by atoms with E-state index in [2.05, 4.69) is 5.32 Å². The van der Waals surface area contributed by atoms with E-state index in [4.69, 9.17) is 14.3 Å². The predicted octanol–water partition coefficient (Wildman–Crippen LogP) is 2.68. The Balaban J connectivity index is 2.09. The lowest BCUT2D eigenvalue weighted by Gasteiger charge is -2.11. The van der Waals surface area contributed by atoms with Crippen molar-refractivity contribution in [3.05, 3.63) is 58.5 Å². The van der Waals surface area contributed by atoms with Gasteiger partial charge in [0, 0.05) is 18.7 Å². The smallest absolute Gasteiger partial charge is 0.311 e. The Morgan fingerprint density at radius 2 is 1.96 bits per heavy atom. The highest BCUT2D eigenvalue weighted by molar-refractivity contribution is 5.97. The van der Waals surface area contributed by atoms with E-state index in [0.29, 0.717) is 30.9 Å². The monoisotopic (exact) mass is 331 g/mol. The molecular formula is C18H21NO5. The lowest BCUT2D eigenvalue weighted by atomic mass is 10.1. The van der Waals surface area contributed by atoms with Crippen LogP contribution in [0.4, 0.5) is 0 Å². The molecule has 2 N–H and O–H groups in total. The number of benzene rings is 1. The second-order valence-electron chi connectivity index (χ2n) is 5.38. The number of hydrogen-bond acceptors (Lipinski definition) is 4. The van der Waals surface area contributed by atoms with Crippen LogP contribution in [0, 0.1) is 6.92 Å².